The van der Waals surface area contributed by atoms with Gasteiger partial charge in [-0.15, -0.1) is 0 Å². The first-order valence-corrected chi connectivity index (χ1v) is 5.86. The van der Waals surface area contributed by atoms with Crippen LogP contribution in [-0.4, -0.2) is 4.98 Å². The Kier molecular flexibility index (Phi) is 1.64. The molecule has 1 aromatic heterocycles. The van der Waals surface area contributed by atoms with Crippen LogP contribution in [0.4, 0.5) is 5.69 Å². The van der Waals surface area contributed by atoms with Gasteiger partial charge in [0.25, 0.3) is 0 Å². The van der Waals surface area contributed by atoms with Gasteiger partial charge in [0.05, 0.1) is 11.4 Å². The molecule has 0 radical (unpaired) electrons. The van der Waals surface area contributed by atoms with Crippen molar-refractivity contribution in [1.82, 2.24) is 4.98 Å². The summed E-state index contributed by atoms with van der Waals surface area (Å²) in [5.41, 5.74) is 6.32. The van der Waals surface area contributed by atoms with Gasteiger partial charge in [-0.1, -0.05) is 42.5 Å². The number of hydrogen-bond donors (Lipinski definition) is 2. The minimum absolute atomic E-state index is 0.908. The fraction of sp³-hybridized carbons (Fsp3) is 0.0667. The summed E-state index contributed by atoms with van der Waals surface area (Å²) in [6.45, 7) is 0.908. The normalized spacial score (nSPS) is 12.9. The van der Waals surface area contributed by atoms with Crippen molar-refractivity contribution >= 4 is 16.6 Å². The summed E-state index contributed by atoms with van der Waals surface area (Å²) >= 11 is 0. The number of aromatic amines is 1. The van der Waals surface area contributed by atoms with E-state index >= 15 is 0 Å². The monoisotopic (exact) mass is 220 g/mol. The predicted molar refractivity (Wildman–Crippen MR) is 71.1 cm³/mol. The van der Waals surface area contributed by atoms with Crippen molar-refractivity contribution in [3.05, 3.63) is 54.1 Å². The topological polar surface area (TPSA) is 27.8 Å². The molecule has 2 nitrogen and oxygen atoms in total. The highest BCUT2D eigenvalue weighted by Crippen LogP contribution is 2.39. The van der Waals surface area contributed by atoms with E-state index in [0.717, 1.165) is 6.54 Å². The van der Waals surface area contributed by atoms with Gasteiger partial charge in [-0.25, -0.2) is 0 Å². The molecule has 1 aliphatic heterocycles. The summed E-state index contributed by atoms with van der Waals surface area (Å²) < 4.78 is 0. The minimum Gasteiger partial charge on any atom is -0.379 e. The Morgan fingerprint density at radius 1 is 0.882 bits per heavy atom. The van der Waals surface area contributed by atoms with Crippen LogP contribution in [0.5, 0.6) is 0 Å². The van der Waals surface area contributed by atoms with Crippen molar-refractivity contribution in [3.8, 4) is 11.3 Å². The number of para-hydroxylation sites is 1. The Bertz CT molecular complexity index is 710. The summed E-state index contributed by atoms with van der Waals surface area (Å²) in [6.07, 6.45) is 0. The maximum atomic E-state index is 3.51. The average molecular weight is 220 g/mol. The highest BCUT2D eigenvalue weighted by Gasteiger charge is 2.19. The first-order chi connectivity index (χ1) is 8.43. The number of hydrogen-bond acceptors (Lipinski definition) is 1. The van der Waals surface area contributed by atoms with E-state index < -0.39 is 0 Å². The van der Waals surface area contributed by atoms with Crippen LogP contribution in [-0.2, 0) is 6.54 Å². The quantitative estimate of drug-likeness (QED) is 0.593. The number of nitrogens with one attached hydrogen (secondary N) is 2. The molecular formula is C15H12N2. The molecule has 82 valence electrons. The van der Waals surface area contributed by atoms with Crippen LogP contribution in [0.2, 0.25) is 0 Å². The molecule has 0 saturated carbocycles. The fourth-order valence-electron chi connectivity index (χ4n) is 2.63. The lowest BCUT2D eigenvalue weighted by molar-refractivity contribution is 1.13. The van der Waals surface area contributed by atoms with Crippen molar-refractivity contribution in [3.63, 3.8) is 0 Å². The van der Waals surface area contributed by atoms with E-state index in [4.69, 9.17) is 0 Å². The van der Waals surface area contributed by atoms with Crippen LogP contribution < -0.4 is 5.32 Å². The minimum atomic E-state index is 0.908. The second-order valence-electron chi connectivity index (χ2n) is 4.43. The molecule has 0 fully saturated rings. The van der Waals surface area contributed by atoms with E-state index in [1.807, 2.05) is 0 Å². The van der Waals surface area contributed by atoms with Crippen LogP contribution in [0.25, 0.3) is 22.2 Å². The van der Waals surface area contributed by atoms with Crippen molar-refractivity contribution in [1.29, 1.82) is 0 Å². The van der Waals surface area contributed by atoms with Gasteiger partial charge in [-0.3, -0.25) is 0 Å². The molecule has 2 heteroatoms. The van der Waals surface area contributed by atoms with Crippen LogP contribution in [0.3, 0.4) is 0 Å². The number of aromatic nitrogens is 1. The Balaban J connectivity index is 2.10. The Morgan fingerprint density at radius 2 is 1.71 bits per heavy atom. The van der Waals surface area contributed by atoms with Gasteiger partial charge in [0, 0.05) is 23.0 Å². The number of benzene rings is 2. The summed E-state index contributed by atoms with van der Waals surface area (Å²) in [4.78, 5) is 3.51. The van der Waals surface area contributed by atoms with Crippen molar-refractivity contribution < 1.29 is 0 Å². The first-order valence-electron chi connectivity index (χ1n) is 5.86. The second-order valence-corrected chi connectivity index (χ2v) is 4.43. The SMILES string of the molecule is c1ccc2c(c1)CNc1c-2[nH]c2ccccc12. The van der Waals surface area contributed by atoms with E-state index in [1.54, 1.807) is 0 Å². The average Bonchev–Trinajstić information content (AvgIpc) is 2.78. The molecule has 3 aromatic rings. The van der Waals surface area contributed by atoms with E-state index in [9.17, 15) is 0 Å². The Labute approximate surface area is 99.3 Å². The lowest BCUT2D eigenvalue weighted by Gasteiger charge is -2.18. The molecular weight excluding hydrogens is 208 g/mol. The summed E-state index contributed by atoms with van der Waals surface area (Å²) in [5, 5.41) is 4.79. The third-order valence-electron chi connectivity index (χ3n) is 3.45. The summed E-state index contributed by atoms with van der Waals surface area (Å²) in [6, 6.07) is 17.0. The lowest BCUT2D eigenvalue weighted by Crippen LogP contribution is -2.07. The maximum Gasteiger partial charge on any atom is 0.0704 e. The third kappa shape index (κ3) is 1.15. The molecule has 17 heavy (non-hydrogen) atoms. The number of anilines is 1. The zero-order valence-corrected chi connectivity index (χ0v) is 9.33. The molecule has 0 spiro atoms. The van der Waals surface area contributed by atoms with Crippen molar-refractivity contribution in [2.75, 3.05) is 5.32 Å². The second kappa shape index (κ2) is 3.14. The van der Waals surface area contributed by atoms with Crippen molar-refractivity contribution in [2.24, 2.45) is 0 Å². The van der Waals surface area contributed by atoms with Gasteiger partial charge >= 0.3 is 0 Å². The zero-order chi connectivity index (χ0) is 11.2. The molecule has 0 atom stereocenters. The number of H-pyrrole nitrogens is 1. The molecule has 0 bridgehead atoms. The van der Waals surface area contributed by atoms with Crippen LogP contribution in [0.1, 0.15) is 5.56 Å². The fourth-order valence-corrected chi connectivity index (χ4v) is 2.63. The van der Waals surface area contributed by atoms with Crippen LogP contribution >= 0.6 is 0 Å². The van der Waals surface area contributed by atoms with Crippen molar-refractivity contribution in [2.45, 2.75) is 6.54 Å². The third-order valence-corrected chi connectivity index (χ3v) is 3.45. The van der Waals surface area contributed by atoms with Gasteiger partial charge in [0.15, 0.2) is 0 Å². The largest absolute Gasteiger partial charge is 0.379 e. The highest BCUT2D eigenvalue weighted by molar-refractivity contribution is 6.02. The molecule has 2 aromatic carbocycles. The van der Waals surface area contributed by atoms with E-state index in [2.05, 4.69) is 58.8 Å². The van der Waals surface area contributed by atoms with Gasteiger partial charge in [0.2, 0.25) is 0 Å². The van der Waals surface area contributed by atoms with Gasteiger partial charge in [-0.2, -0.15) is 0 Å². The predicted octanol–water partition coefficient (Wildman–Crippen LogP) is 3.76. The molecule has 2 heterocycles. The van der Waals surface area contributed by atoms with Gasteiger partial charge in [-0.05, 0) is 11.6 Å². The first kappa shape index (κ1) is 8.88. The molecule has 0 unspecified atom stereocenters. The van der Waals surface area contributed by atoms with Gasteiger partial charge < -0.3 is 10.3 Å². The Hall–Kier alpha value is -2.22. The molecule has 4 rings (SSSR count). The molecule has 0 aliphatic carbocycles. The summed E-state index contributed by atoms with van der Waals surface area (Å²) in [5.74, 6) is 0. The number of rotatable bonds is 0. The van der Waals surface area contributed by atoms with Gasteiger partial charge in [0.1, 0.15) is 0 Å². The van der Waals surface area contributed by atoms with E-state index in [-0.39, 0.29) is 0 Å². The van der Waals surface area contributed by atoms with Crippen LogP contribution in [0.15, 0.2) is 48.5 Å². The molecule has 0 saturated heterocycles. The maximum absolute atomic E-state index is 3.51. The van der Waals surface area contributed by atoms with Crippen LogP contribution in [0, 0.1) is 0 Å². The summed E-state index contributed by atoms with van der Waals surface area (Å²) in [7, 11) is 0. The molecule has 1 aliphatic rings. The zero-order valence-electron chi connectivity index (χ0n) is 9.33. The Morgan fingerprint density at radius 3 is 2.71 bits per heavy atom. The van der Waals surface area contributed by atoms with E-state index in [1.165, 1.54) is 33.4 Å². The highest BCUT2D eigenvalue weighted by atomic mass is 14.9. The standard InChI is InChI=1S/C15H12N2/c1-2-6-11-10(5-1)9-16-14-12-7-3-4-8-13(12)17-15(11)14/h1-8,16-17H,9H2. The molecule has 2 N–H and O–H groups in total. The number of fused-ring (bicyclic) bond motifs is 5. The van der Waals surface area contributed by atoms with E-state index in [0.29, 0.717) is 0 Å². The smallest absolute Gasteiger partial charge is 0.0704 e. The molecule has 0 amide bonds. The lowest BCUT2D eigenvalue weighted by atomic mass is 10.00.